The van der Waals surface area contributed by atoms with Crippen LogP contribution in [0, 0.1) is 18.3 Å². The number of piperazine rings is 1. The van der Waals surface area contributed by atoms with Crippen molar-refractivity contribution < 1.29 is 9.69 Å². The number of nitrogens with zero attached hydrogens (tertiary/aromatic N) is 4. The van der Waals surface area contributed by atoms with E-state index in [-0.39, 0.29) is 16.7 Å². The van der Waals surface area contributed by atoms with Gasteiger partial charge in [0.1, 0.15) is 23.1 Å². The molecule has 1 aliphatic rings. The Balaban J connectivity index is 2.19. The van der Waals surface area contributed by atoms with E-state index in [9.17, 15) is 14.9 Å². The Kier molecular flexibility index (Phi) is 6.29. The molecule has 0 atom stereocenters. The number of amides is 1. The van der Waals surface area contributed by atoms with Crippen molar-refractivity contribution in [1.29, 1.82) is 5.26 Å². The number of aryl methyl sites for hydroxylation is 1. The molecular formula is C21H27N6O2+. The van der Waals surface area contributed by atoms with Crippen molar-refractivity contribution in [2.75, 3.05) is 44.2 Å². The number of nitrogens with one attached hydrogen (secondary N) is 2. The van der Waals surface area contributed by atoms with Crippen molar-refractivity contribution in [2.45, 2.75) is 20.8 Å². The molecule has 152 valence electrons. The lowest BCUT2D eigenvalue weighted by atomic mass is 10.1. The van der Waals surface area contributed by atoms with E-state index in [1.165, 1.54) is 15.4 Å². The number of nitriles is 1. The van der Waals surface area contributed by atoms with Crippen molar-refractivity contribution in [3.05, 3.63) is 45.4 Å². The van der Waals surface area contributed by atoms with Crippen molar-refractivity contribution in [2.24, 2.45) is 0 Å². The van der Waals surface area contributed by atoms with E-state index in [0.29, 0.717) is 18.0 Å². The predicted molar refractivity (Wildman–Crippen MR) is 112 cm³/mol. The van der Waals surface area contributed by atoms with Gasteiger partial charge in [-0.25, -0.2) is 4.98 Å². The van der Waals surface area contributed by atoms with Gasteiger partial charge in [0.2, 0.25) is 0 Å². The standard InChI is InChI=1S/C21H26N6O2/c1-4-23-20(28)16(14-22)13-17-19(26-11-9-25(5-2)10-12-26)24-18-15(3)7-6-8-27(18)21(17)29/h6-8,13H,4-5,9-12H2,1-3H3,(H,23,28)/p+1/b16-13+. The molecule has 3 rings (SSSR count). The molecule has 3 heterocycles. The molecule has 0 radical (unpaired) electrons. The number of anilines is 1. The fourth-order valence-corrected chi connectivity index (χ4v) is 3.60. The SMILES string of the molecule is CCNC(=O)/C(C#N)=C/c1c(N2CC[NH+](CC)CC2)nc2c(C)cccn2c1=O. The molecule has 0 aliphatic carbocycles. The first kappa shape index (κ1) is 20.6. The van der Waals surface area contributed by atoms with Crippen LogP contribution in [-0.2, 0) is 4.79 Å². The summed E-state index contributed by atoms with van der Waals surface area (Å²) in [7, 11) is 0. The topological polar surface area (TPSA) is 94.9 Å². The maximum Gasteiger partial charge on any atom is 0.267 e. The quantitative estimate of drug-likeness (QED) is 0.539. The highest BCUT2D eigenvalue weighted by molar-refractivity contribution is 6.02. The highest BCUT2D eigenvalue weighted by Crippen LogP contribution is 2.20. The molecule has 29 heavy (non-hydrogen) atoms. The summed E-state index contributed by atoms with van der Waals surface area (Å²) in [6.07, 6.45) is 3.04. The van der Waals surface area contributed by atoms with Gasteiger partial charge in [0.05, 0.1) is 38.3 Å². The number of aromatic nitrogens is 2. The van der Waals surface area contributed by atoms with E-state index in [4.69, 9.17) is 4.98 Å². The molecule has 1 fully saturated rings. The summed E-state index contributed by atoms with van der Waals surface area (Å²) >= 11 is 0. The lowest BCUT2D eigenvalue weighted by Crippen LogP contribution is -3.14. The summed E-state index contributed by atoms with van der Waals surface area (Å²) in [6, 6.07) is 5.62. The fourth-order valence-electron chi connectivity index (χ4n) is 3.60. The molecule has 8 nitrogen and oxygen atoms in total. The number of quaternary nitrogens is 1. The fraction of sp³-hybridized carbons (Fsp3) is 0.429. The van der Waals surface area contributed by atoms with Gasteiger partial charge in [-0.2, -0.15) is 5.26 Å². The van der Waals surface area contributed by atoms with Crippen molar-refractivity contribution in [3.63, 3.8) is 0 Å². The zero-order valence-electron chi connectivity index (χ0n) is 17.2. The third-order valence-electron chi connectivity index (χ3n) is 5.33. The van der Waals surface area contributed by atoms with Gasteiger partial charge in [-0.1, -0.05) is 6.07 Å². The van der Waals surface area contributed by atoms with Gasteiger partial charge in [-0.05, 0) is 38.5 Å². The molecule has 0 bridgehead atoms. The minimum atomic E-state index is -0.491. The highest BCUT2D eigenvalue weighted by Gasteiger charge is 2.24. The summed E-state index contributed by atoms with van der Waals surface area (Å²) < 4.78 is 1.48. The molecule has 2 aromatic heterocycles. The predicted octanol–water partition coefficient (Wildman–Crippen LogP) is -0.229. The summed E-state index contributed by atoms with van der Waals surface area (Å²) in [5.41, 5.74) is 1.37. The molecule has 1 saturated heterocycles. The van der Waals surface area contributed by atoms with Crippen molar-refractivity contribution in [1.82, 2.24) is 14.7 Å². The van der Waals surface area contributed by atoms with Crippen molar-refractivity contribution in [3.8, 4) is 6.07 Å². The van der Waals surface area contributed by atoms with Crippen LogP contribution in [0.4, 0.5) is 5.82 Å². The number of fused-ring (bicyclic) bond motifs is 1. The summed E-state index contributed by atoms with van der Waals surface area (Å²) in [6.45, 7) is 10.8. The van der Waals surface area contributed by atoms with E-state index >= 15 is 0 Å². The summed E-state index contributed by atoms with van der Waals surface area (Å²) in [5.74, 6) is 0.0476. The Morgan fingerprint density at radius 1 is 1.38 bits per heavy atom. The molecule has 0 spiro atoms. The molecule has 2 aromatic rings. The average molecular weight is 395 g/mol. The molecule has 1 amide bonds. The first-order chi connectivity index (χ1) is 14.0. The average Bonchev–Trinajstić information content (AvgIpc) is 2.74. The monoisotopic (exact) mass is 395 g/mol. The van der Waals surface area contributed by atoms with E-state index < -0.39 is 5.91 Å². The van der Waals surface area contributed by atoms with Gasteiger partial charge in [0, 0.05) is 12.7 Å². The normalized spacial score (nSPS) is 15.4. The van der Waals surface area contributed by atoms with Gasteiger partial charge < -0.3 is 15.1 Å². The Bertz CT molecular complexity index is 1040. The van der Waals surface area contributed by atoms with Gasteiger partial charge in [0.25, 0.3) is 11.5 Å². The lowest BCUT2D eigenvalue weighted by molar-refractivity contribution is -0.898. The zero-order chi connectivity index (χ0) is 21.0. The van der Waals surface area contributed by atoms with Crippen LogP contribution in [-0.4, -0.2) is 54.6 Å². The van der Waals surface area contributed by atoms with Gasteiger partial charge in [-0.3, -0.25) is 14.0 Å². The maximum atomic E-state index is 13.3. The van der Waals surface area contributed by atoms with Gasteiger partial charge in [0.15, 0.2) is 0 Å². The minimum absolute atomic E-state index is 0.0996. The van der Waals surface area contributed by atoms with Gasteiger partial charge in [-0.15, -0.1) is 0 Å². The molecule has 0 unspecified atom stereocenters. The lowest BCUT2D eigenvalue weighted by Gasteiger charge is -2.33. The van der Waals surface area contributed by atoms with Crippen LogP contribution in [0.25, 0.3) is 11.7 Å². The first-order valence-corrected chi connectivity index (χ1v) is 10.0. The Morgan fingerprint density at radius 2 is 2.10 bits per heavy atom. The van der Waals surface area contributed by atoms with Crippen LogP contribution in [0.2, 0.25) is 0 Å². The molecule has 8 heteroatoms. The molecule has 0 aromatic carbocycles. The number of pyridine rings is 1. The summed E-state index contributed by atoms with van der Waals surface area (Å²) in [5, 5.41) is 12.1. The van der Waals surface area contributed by atoms with Gasteiger partial charge >= 0.3 is 0 Å². The Labute approximate surface area is 170 Å². The number of hydrogen-bond donors (Lipinski definition) is 2. The molecule has 1 aliphatic heterocycles. The number of hydrogen-bond acceptors (Lipinski definition) is 5. The van der Waals surface area contributed by atoms with Crippen LogP contribution in [0.1, 0.15) is 25.0 Å². The van der Waals surface area contributed by atoms with E-state index in [1.54, 1.807) is 19.2 Å². The summed E-state index contributed by atoms with van der Waals surface area (Å²) in [4.78, 5) is 33.9. The van der Waals surface area contributed by atoms with Crippen LogP contribution in [0.15, 0.2) is 28.7 Å². The van der Waals surface area contributed by atoms with E-state index in [1.807, 2.05) is 19.1 Å². The van der Waals surface area contributed by atoms with E-state index in [2.05, 4.69) is 17.1 Å². The minimum Gasteiger partial charge on any atom is -0.352 e. The number of carbonyl (C=O) groups excluding carboxylic acids is 1. The number of carbonyl (C=O) groups is 1. The molecule has 0 saturated carbocycles. The molecular weight excluding hydrogens is 368 g/mol. The van der Waals surface area contributed by atoms with Crippen LogP contribution in [0.5, 0.6) is 0 Å². The highest BCUT2D eigenvalue weighted by atomic mass is 16.1. The van der Waals surface area contributed by atoms with Crippen molar-refractivity contribution >= 4 is 23.4 Å². The van der Waals surface area contributed by atoms with E-state index in [0.717, 1.165) is 38.3 Å². The van der Waals surface area contributed by atoms with Crippen LogP contribution < -0.4 is 20.7 Å². The second-order valence-electron chi connectivity index (χ2n) is 7.16. The number of rotatable bonds is 5. The zero-order valence-corrected chi connectivity index (χ0v) is 17.2. The third kappa shape index (κ3) is 4.15. The first-order valence-electron chi connectivity index (χ1n) is 10.0. The smallest absolute Gasteiger partial charge is 0.267 e. The van der Waals surface area contributed by atoms with Crippen LogP contribution >= 0.6 is 0 Å². The number of likely N-dealkylation sites (N-methyl/N-ethyl adjacent to an activating group) is 2. The third-order valence-corrected chi connectivity index (χ3v) is 5.33. The van der Waals surface area contributed by atoms with Crippen LogP contribution in [0.3, 0.4) is 0 Å². The molecule has 2 N–H and O–H groups in total. The second-order valence-corrected chi connectivity index (χ2v) is 7.16. The Hall–Kier alpha value is -3.18. The second kappa shape index (κ2) is 8.88. The largest absolute Gasteiger partial charge is 0.352 e. The Morgan fingerprint density at radius 3 is 2.72 bits per heavy atom. The maximum absolute atomic E-state index is 13.3.